The predicted octanol–water partition coefficient (Wildman–Crippen LogP) is 3.55. The monoisotopic (exact) mass is 432 g/mol. The van der Waals surface area contributed by atoms with E-state index in [0.29, 0.717) is 41.6 Å². The van der Waals surface area contributed by atoms with Crippen LogP contribution in [0.25, 0.3) is 11.3 Å². The van der Waals surface area contributed by atoms with Crippen molar-refractivity contribution in [2.75, 3.05) is 13.1 Å². The van der Waals surface area contributed by atoms with Crippen molar-refractivity contribution in [1.82, 2.24) is 9.46 Å². The van der Waals surface area contributed by atoms with E-state index in [2.05, 4.69) is 5.16 Å². The number of nitrogens with zero attached hydrogens (tertiary/aromatic N) is 2. The first-order valence-electron chi connectivity index (χ1n) is 9.25. The summed E-state index contributed by atoms with van der Waals surface area (Å²) in [5, 5.41) is 5.68. The first-order chi connectivity index (χ1) is 14.0. The summed E-state index contributed by atoms with van der Waals surface area (Å²) in [6.45, 7) is 0.646. The van der Waals surface area contributed by atoms with Crippen molar-refractivity contribution in [3.8, 4) is 11.3 Å². The minimum atomic E-state index is -3.47. The van der Waals surface area contributed by atoms with Crippen LogP contribution in [-0.2, 0) is 26.2 Å². The highest BCUT2D eigenvalue weighted by atomic mass is 32.2. The molecule has 0 spiro atoms. The van der Waals surface area contributed by atoms with Crippen molar-refractivity contribution < 1.29 is 22.5 Å². The largest absolute Gasteiger partial charge is 0.459 e. The van der Waals surface area contributed by atoms with Gasteiger partial charge in [0.2, 0.25) is 0 Å². The lowest BCUT2D eigenvalue weighted by Gasteiger charge is -2.29. The highest BCUT2D eigenvalue weighted by molar-refractivity contribution is 7.91. The van der Waals surface area contributed by atoms with Crippen molar-refractivity contribution in [3.63, 3.8) is 0 Å². The van der Waals surface area contributed by atoms with Gasteiger partial charge in [0.15, 0.2) is 5.76 Å². The normalized spacial score (nSPS) is 16.0. The number of benzene rings is 1. The van der Waals surface area contributed by atoms with Crippen LogP contribution in [0, 0.1) is 5.92 Å². The zero-order chi connectivity index (χ0) is 20.3. The molecule has 3 heterocycles. The third-order valence-corrected chi connectivity index (χ3v) is 8.13. The van der Waals surface area contributed by atoms with E-state index < -0.39 is 10.0 Å². The van der Waals surface area contributed by atoms with E-state index in [1.807, 2.05) is 30.3 Å². The number of aromatic nitrogens is 1. The van der Waals surface area contributed by atoms with Crippen LogP contribution < -0.4 is 0 Å². The third-order valence-electron chi connectivity index (χ3n) is 4.86. The van der Waals surface area contributed by atoms with E-state index in [1.54, 1.807) is 23.6 Å². The Morgan fingerprint density at radius 2 is 1.93 bits per heavy atom. The van der Waals surface area contributed by atoms with E-state index in [-0.39, 0.29) is 18.5 Å². The van der Waals surface area contributed by atoms with Crippen LogP contribution in [0.15, 0.2) is 62.6 Å². The average molecular weight is 433 g/mol. The van der Waals surface area contributed by atoms with Crippen molar-refractivity contribution in [2.45, 2.75) is 23.7 Å². The van der Waals surface area contributed by atoms with Crippen LogP contribution in [0.5, 0.6) is 0 Å². The van der Waals surface area contributed by atoms with Gasteiger partial charge in [0.05, 0.1) is 5.92 Å². The molecule has 2 aromatic heterocycles. The van der Waals surface area contributed by atoms with Gasteiger partial charge in [0.25, 0.3) is 10.0 Å². The summed E-state index contributed by atoms with van der Waals surface area (Å²) >= 11 is 1.20. The summed E-state index contributed by atoms with van der Waals surface area (Å²) in [4.78, 5) is 12.4. The van der Waals surface area contributed by atoms with Gasteiger partial charge in [-0.2, -0.15) is 4.31 Å². The van der Waals surface area contributed by atoms with Crippen LogP contribution in [0.4, 0.5) is 0 Å². The number of esters is 1. The smallest absolute Gasteiger partial charge is 0.309 e. The maximum atomic E-state index is 12.6. The van der Waals surface area contributed by atoms with Crippen molar-refractivity contribution in [1.29, 1.82) is 0 Å². The highest BCUT2D eigenvalue weighted by Crippen LogP contribution is 2.27. The fraction of sp³-hybridized carbons (Fsp3) is 0.300. The van der Waals surface area contributed by atoms with E-state index in [9.17, 15) is 13.2 Å². The number of ether oxygens (including phenoxy) is 1. The summed E-state index contributed by atoms with van der Waals surface area (Å²) in [7, 11) is -3.47. The second-order valence-corrected chi connectivity index (χ2v) is 9.88. The Morgan fingerprint density at radius 3 is 2.62 bits per heavy atom. The standard InChI is InChI=1S/C20H20N2O5S2/c23-20(26-14-17-13-18(27-21-17)15-5-2-1-3-6-15)16-8-10-22(11-9-16)29(24,25)19-7-4-12-28-19/h1-7,12-13,16H,8-11,14H2. The number of thiophene rings is 1. The molecule has 0 amide bonds. The molecule has 29 heavy (non-hydrogen) atoms. The maximum Gasteiger partial charge on any atom is 0.309 e. The topological polar surface area (TPSA) is 89.7 Å². The van der Waals surface area contributed by atoms with E-state index in [0.717, 1.165) is 5.56 Å². The quantitative estimate of drug-likeness (QED) is 0.554. The van der Waals surface area contributed by atoms with E-state index in [1.165, 1.54) is 15.6 Å². The molecule has 1 aromatic carbocycles. The van der Waals surface area contributed by atoms with Crippen LogP contribution in [0.3, 0.4) is 0 Å². The summed E-state index contributed by atoms with van der Waals surface area (Å²) in [5.74, 6) is -0.0311. The van der Waals surface area contributed by atoms with E-state index >= 15 is 0 Å². The lowest BCUT2D eigenvalue weighted by atomic mass is 9.98. The van der Waals surface area contributed by atoms with Gasteiger partial charge in [-0.1, -0.05) is 41.6 Å². The molecule has 9 heteroatoms. The predicted molar refractivity (Wildman–Crippen MR) is 108 cm³/mol. The number of rotatable bonds is 6. The third kappa shape index (κ3) is 4.42. The summed E-state index contributed by atoms with van der Waals surface area (Å²) in [6.07, 6.45) is 0.884. The Morgan fingerprint density at radius 1 is 1.17 bits per heavy atom. The molecule has 1 saturated heterocycles. The summed E-state index contributed by atoms with van der Waals surface area (Å²) < 4.78 is 37.6. The van der Waals surface area contributed by atoms with Gasteiger partial charge < -0.3 is 9.26 Å². The molecule has 0 aliphatic carbocycles. The van der Waals surface area contributed by atoms with Gasteiger partial charge in [0.1, 0.15) is 16.5 Å². The fourth-order valence-electron chi connectivity index (χ4n) is 3.25. The molecule has 4 rings (SSSR count). The molecule has 0 N–H and O–H groups in total. The molecule has 1 aliphatic heterocycles. The van der Waals surface area contributed by atoms with Gasteiger partial charge in [-0.15, -0.1) is 11.3 Å². The van der Waals surface area contributed by atoms with Crippen molar-refractivity contribution >= 4 is 27.3 Å². The summed E-state index contributed by atoms with van der Waals surface area (Å²) in [5.41, 5.74) is 1.44. The van der Waals surface area contributed by atoms with Crippen molar-refractivity contribution in [3.05, 3.63) is 59.6 Å². The average Bonchev–Trinajstić information content (AvgIpc) is 3.45. The molecular weight excluding hydrogens is 412 g/mol. The number of hydrogen-bond donors (Lipinski definition) is 0. The van der Waals surface area contributed by atoms with Crippen LogP contribution in [-0.4, -0.2) is 36.9 Å². The van der Waals surface area contributed by atoms with Gasteiger partial charge in [-0.3, -0.25) is 4.79 Å². The molecule has 1 fully saturated rings. The molecule has 0 unspecified atom stereocenters. The zero-order valence-electron chi connectivity index (χ0n) is 15.6. The Labute approximate surface area is 172 Å². The number of sulfonamides is 1. The molecular formula is C20H20N2O5S2. The number of carbonyl (C=O) groups excluding carboxylic acids is 1. The fourth-order valence-corrected chi connectivity index (χ4v) is 5.86. The lowest BCUT2D eigenvalue weighted by molar-refractivity contribution is -0.151. The van der Waals surface area contributed by atoms with Gasteiger partial charge in [-0.25, -0.2) is 8.42 Å². The summed E-state index contributed by atoms with van der Waals surface area (Å²) in [6, 6.07) is 14.6. The molecule has 3 aromatic rings. The minimum absolute atomic E-state index is 0.0306. The Balaban J connectivity index is 1.29. The van der Waals surface area contributed by atoms with Gasteiger partial charge in [0, 0.05) is 24.7 Å². The Hall–Kier alpha value is -2.49. The second-order valence-electron chi connectivity index (χ2n) is 6.77. The number of hydrogen-bond acceptors (Lipinski definition) is 7. The lowest BCUT2D eigenvalue weighted by Crippen LogP contribution is -2.40. The van der Waals surface area contributed by atoms with Gasteiger partial charge >= 0.3 is 5.97 Å². The highest BCUT2D eigenvalue weighted by Gasteiger charge is 2.33. The minimum Gasteiger partial charge on any atom is -0.459 e. The Kier molecular flexibility index (Phi) is 5.79. The molecule has 7 nitrogen and oxygen atoms in total. The number of carbonyl (C=O) groups is 1. The first-order valence-corrected chi connectivity index (χ1v) is 11.6. The molecule has 0 bridgehead atoms. The van der Waals surface area contributed by atoms with Crippen LogP contribution in [0.1, 0.15) is 18.5 Å². The van der Waals surface area contributed by atoms with Crippen molar-refractivity contribution in [2.24, 2.45) is 5.92 Å². The van der Waals surface area contributed by atoms with E-state index in [4.69, 9.17) is 9.26 Å². The molecule has 0 radical (unpaired) electrons. The SMILES string of the molecule is O=C(OCc1cc(-c2ccccc2)on1)C1CCN(S(=O)(=O)c2cccs2)CC1. The number of piperidine rings is 1. The first kappa shape index (κ1) is 19.8. The van der Waals surface area contributed by atoms with Crippen LogP contribution >= 0.6 is 11.3 Å². The molecule has 0 atom stereocenters. The van der Waals surface area contributed by atoms with Gasteiger partial charge in [-0.05, 0) is 24.3 Å². The maximum absolute atomic E-state index is 12.6. The second kappa shape index (κ2) is 8.48. The molecule has 1 aliphatic rings. The zero-order valence-corrected chi connectivity index (χ0v) is 17.2. The Bertz CT molecular complexity index is 1050. The van der Waals surface area contributed by atoms with Crippen LogP contribution in [0.2, 0.25) is 0 Å². The molecule has 0 saturated carbocycles. The molecule has 152 valence electrons.